The van der Waals surface area contributed by atoms with Gasteiger partial charge < -0.3 is 4.74 Å². The van der Waals surface area contributed by atoms with E-state index in [1.54, 1.807) is 15.3 Å². The van der Waals surface area contributed by atoms with Crippen molar-refractivity contribution >= 4 is 16.7 Å². The van der Waals surface area contributed by atoms with Crippen molar-refractivity contribution in [3.05, 3.63) is 83.5 Å². The minimum atomic E-state index is -0.171. The van der Waals surface area contributed by atoms with E-state index in [-0.39, 0.29) is 5.56 Å². The van der Waals surface area contributed by atoms with Crippen LogP contribution < -0.4 is 10.3 Å². The van der Waals surface area contributed by atoms with E-state index >= 15 is 0 Å². The number of nitrogens with zero attached hydrogens (tertiary/aromatic N) is 5. The zero-order chi connectivity index (χ0) is 19.8. The van der Waals surface area contributed by atoms with Crippen molar-refractivity contribution in [3.63, 3.8) is 0 Å². The summed E-state index contributed by atoms with van der Waals surface area (Å²) in [7, 11) is 0. The van der Waals surface area contributed by atoms with Crippen molar-refractivity contribution in [2.45, 2.75) is 6.92 Å². The molecule has 0 aliphatic heterocycles. The Labute approximate surface area is 165 Å². The van der Waals surface area contributed by atoms with Crippen LogP contribution in [0.4, 0.5) is 0 Å². The zero-order valence-corrected chi connectivity index (χ0v) is 15.7. The molecular formula is C22H17N5O2. The van der Waals surface area contributed by atoms with Crippen molar-refractivity contribution in [1.82, 2.24) is 24.1 Å². The number of rotatable bonds is 4. The van der Waals surface area contributed by atoms with E-state index in [1.807, 2.05) is 67.6 Å². The molecule has 0 bridgehead atoms. The molecule has 0 atom stereocenters. The first-order valence-electron chi connectivity index (χ1n) is 9.30. The molecule has 3 aromatic heterocycles. The summed E-state index contributed by atoms with van der Waals surface area (Å²) in [5.74, 6) is 1.22. The van der Waals surface area contributed by atoms with Crippen LogP contribution in [0, 0.1) is 0 Å². The smallest absolute Gasteiger partial charge is 0.266 e. The third-order valence-corrected chi connectivity index (χ3v) is 4.74. The van der Waals surface area contributed by atoms with E-state index in [0.717, 1.165) is 17.0 Å². The molecule has 0 amide bonds. The molecule has 2 aromatic carbocycles. The Balaban J connectivity index is 1.80. The van der Waals surface area contributed by atoms with Gasteiger partial charge in [-0.05, 0) is 37.3 Å². The van der Waals surface area contributed by atoms with Gasteiger partial charge in [-0.15, -0.1) is 0 Å². The van der Waals surface area contributed by atoms with E-state index in [9.17, 15) is 4.79 Å². The van der Waals surface area contributed by atoms with Gasteiger partial charge in [-0.3, -0.25) is 9.36 Å². The topological polar surface area (TPSA) is 74.3 Å². The minimum absolute atomic E-state index is 0.171. The summed E-state index contributed by atoms with van der Waals surface area (Å²) in [4.78, 5) is 22.3. The SMILES string of the molecule is CCOc1ccc(-n2ccc3nc4ncnn4c(-c4ccccc4)c3c2=O)cc1. The van der Waals surface area contributed by atoms with Gasteiger partial charge in [0.25, 0.3) is 11.3 Å². The molecule has 0 aliphatic rings. The quantitative estimate of drug-likeness (QED) is 0.475. The summed E-state index contributed by atoms with van der Waals surface area (Å²) in [5.41, 5.74) is 2.70. The molecule has 5 aromatic rings. The Kier molecular flexibility index (Phi) is 4.05. The first-order chi connectivity index (χ1) is 14.3. The average Bonchev–Trinajstić information content (AvgIpc) is 3.22. The fraction of sp³-hybridized carbons (Fsp3) is 0.0909. The van der Waals surface area contributed by atoms with E-state index in [1.165, 1.54) is 6.33 Å². The predicted molar refractivity (Wildman–Crippen MR) is 110 cm³/mol. The molecule has 0 unspecified atom stereocenters. The van der Waals surface area contributed by atoms with Gasteiger partial charge in [0.15, 0.2) is 0 Å². The molecule has 7 heteroatoms. The maximum atomic E-state index is 13.5. The molecule has 29 heavy (non-hydrogen) atoms. The third-order valence-electron chi connectivity index (χ3n) is 4.74. The maximum absolute atomic E-state index is 13.5. The molecular weight excluding hydrogens is 366 g/mol. The second-order valence-corrected chi connectivity index (χ2v) is 6.48. The monoisotopic (exact) mass is 383 g/mol. The molecule has 0 aliphatic carbocycles. The van der Waals surface area contributed by atoms with Crippen molar-refractivity contribution in [2.24, 2.45) is 0 Å². The summed E-state index contributed by atoms with van der Waals surface area (Å²) < 4.78 is 8.72. The standard InChI is InChI=1S/C22H17N5O2/c1-2-29-17-10-8-16(9-11-17)26-13-12-18-19(21(26)28)20(15-6-4-3-5-7-15)27-22(25-18)23-14-24-27/h3-14H,2H2,1H3. The number of hydrogen-bond donors (Lipinski definition) is 0. The van der Waals surface area contributed by atoms with Crippen LogP contribution >= 0.6 is 0 Å². The van der Waals surface area contributed by atoms with Crippen LogP contribution in [-0.2, 0) is 0 Å². The Bertz CT molecular complexity index is 1370. The zero-order valence-electron chi connectivity index (χ0n) is 15.7. The molecule has 0 N–H and O–H groups in total. The molecule has 3 heterocycles. The van der Waals surface area contributed by atoms with Gasteiger partial charge in [-0.1, -0.05) is 30.3 Å². The highest BCUT2D eigenvalue weighted by Gasteiger charge is 2.17. The molecule has 0 saturated heterocycles. The highest BCUT2D eigenvalue weighted by molar-refractivity contribution is 5.93. The first-order valence-corrected chi connectivity index (χ1v) is 9.30. The lowest BCUT2D eigenvalue weighted by molar-refractivity contribution is 0.340. The second kappa shape index (κ2) is 6.87. The summed E-state index contributed by atoms with van der Waals surface area (Å²) >= 11 is 0. The third kappa shape index (κ3) is 2.84. The van der Waals surface area contributed by atoms with Gasteiger partial charge in [-0.25, -0.2) is 4.98 Å². The number of hydrogen-bond acceptors (Lipinski definition) is 5. The lowest BCUT2D eigenvalue weighted by Gasteiger charge is -2.12. The summed E-state index contributed by atoms with van der Waals surface area (Å²) in [6.07, 6.45) is 3.17. The lowest BCUT2D eigenvalue weighted by Crippen LogP contribution is -2.20. The predicted octanol–water partition coefficient (Wildman–Crippen LogP) is 3.49. The molecule has 5 rings (SSSR count). The fourth-order valence-corrected chi connectivity index (χ4v) is 3.46. The van der Waals surface area contributed by atoms with E-state index < -0.39 is 0 Å². The Morgan fingerprint density at radius 1 is 1.00 bits per heavy atom. The summed E-state index contributed by atoms with van der Waals surface area (Å²) in [6.45, 7) is 2.53. The first kappa shape index (κ1) is 17.1. The number of benzene rings is 2. The Hall–Kier alpha value is -4.00. The van der Waals surface area contributed by atoms with E-state index in [2.05, 4.69) is 15.1 Å². The van der Waals surface area contributed by atoms with Crippen LogP contribution in [0.15, 0.2) is 78.0 Å². The maximum Gasteiger partial charge on any atom is 0.266 e. The normalized spacial score (nSPS) is 11.2. The second-order valence-electron chi connectivity index (χ2n) is 6.48. The Morgan fingerprint density at radius 2 is 1.79 bits per heavy atom. The van der Waals surface area contributed by atoms with Crippen molar-refractivity contribution < 1.29 is 4.74 Å². The minimum Gasteiger partial charge on any atom is -0.494 e. The van der Waals surface area contributed by atoms with Gasteiger partial charge in [0.05, 0.1) is 23.2 Å². The van der Waals surface area contributed by atoms with Crippen LogP contribution in [0.3, 0.4) is 0 Å². The van der Waals surface area contributed by atoms with Crippen molar-refractivity contribution in [3.8, 4) is 22.7 Å². The average molecular weight is 383 g/mol. The van der Waals surface area contributed by atoms with Crippen molar-refractivity contribution in [2.75, 3.05) is 6.61 Å². The summed E-state index contributed by atoms with van der Waals surface area (Å²) in [5, 5.41) is 4.79. The summed E-state index contributed by atoms with van der Waals surface area (Å²) in [6, 6.07) is 18.9. The van der Waals surface area contributed by atoms with Crippen LogP contribution in [0.2, 0.25) is 0 Å². The number of aromatic nitrogens is 5. The number of ether oxygens (including phenoxy) is 1. The highest BCUT2D eigenvalue weighted by Crippen LogP contribution is 2.26. The van der Waals surface area contributed by atoms with Gasteiger partial charge in [0.2, 0.25) is 0 Å². The lowest BCUT2D eigenvalue weighted by atomic mass is 10.1. The molecule has 0 spiro atoms. The van der Waals surface area contributed by atoms with E-state index in [0.29, 0.717) is 29.0 Å². The van der Waals surface area contributed by atoms with Gasteiger partial charge in [0, 0.05) is 17.4 Å². The largest absolute Gasteiger partial charge is 0.494 e. The van der Waals surface area contributed by atoms with E-state index in [4.69, 9.17) is 4.74 Å². The molecule has 142 valence electrons. The van der Waals surface area contributed by atoms with Crippen LogP contribution in [-0.4, -0.2) is 30.8 Å². The highest BCUT2D eigenvalue weighted by atomic mass is 16.5. The molecule has 0 fully saturated rings. The van der Waals surface area contributed by atoms with Crippen LogP contribution in [0.25, 0.3) is 33.6 Å². The number of fused-ring (bicyclic) bond motifs is 2. The molecule has 0 saturated carbocycles. The van der Waals surface area contributed by atoms with Crippen LogP contribution in [0.5, 0.6) is 5.75 Å². The van der Waals surface area contributed by atoms with Gasteiger partial charge >= 0.3 is 0 Å². The van der Waals surface area contributed by atoms with Crippen molar-refractivity contribution in [1.29, 1.82) is 0 Å². The fourth-order valence-electron chi connectivity index (χ4n) is 3.46. The van der Waals surface area contributed by atoms with Gasteiger partial charge in [0.1, 0.15) is 12.1 Å². The van der Waals surface area contributed by atoms with Crippen LogP contribution in [0.1, 0.15) is 6.92 Å². The molecule has 0 radical (unpaired) electrons. The van der Waals surface area contributed by atoms with Gasteiger partial charge in [-0.2, -0.15) is 14.6 Å². The number of pyridine rings is 1. The Morgan fingerprint density at radius 3 is 2.55 bits per heavy atom. The molecule has 7 nitrogen and oxygen atoms in total.